The maximum atomic E-state index is 13.6. The summed E-state index contributed by atoms with van der Waals surface area (Å²) in [5, 5.41) is 0. The van der Waals surface area contributed by atoms with Gasteiger partial charge in [0.2, 0.25) is 5.88 Å². The third-order valence-electron chi connectivity index (χ3n) is 2.12. The highest BCUT2D eigenvalue weighted by Crippen LogP contribution is 2.29. The van der Waals surface area contributed by atoms with E-state index in [-0.39, 0.29) is 5.82 Å². The average Bonchev–Trinajstić information content (AvgIpc) is 2.29. The molecular formula is C12H10FNO. The van der Waals surface area contributed by atoms with Gasteiger partial charge in [-0.05, 0) is 11.6 Å². The number of rotatable bonds is 2. The van der Waals surface area contributed by atoms with E-state index in [0.717, 1.165) is 5.56 Å². The summed E-state index contributed by atoms with van der Waals surface area (Å²) in [6.07, 6.45) is 1.39. The number of hydrogen-bond acceptors (Lipinski definition) is 2. The summed E-state index contributed by atoms with van der Waals surface area (Å²) in [6.45, 7) is 0. The summed E-state index contributed by atoms with van der Waals surface area (Å²) in [5.41, 5.74) is 1.17. The normalized spacial score (nSPS) is 10.0. The van der Waals surface area contributed by atoms with E-state index >= 15 is 0 Å². The van der Waals surface area contributed by atoms with Crippen molar-refractivity contribution in [3.63, 3.8) is 0 Å². The number of hydrogen-bond donors (Lipinski definition) is 0. The van der Waals surface area contributed by atoms with Gasteiger partial charge in [0, 0.05) is 6.20 Å². The Morgan fingerprint density at radius 1 is 1.13 bits per heavy atom. The molecule has 76 valence electrons. The van der Waals surface area contributed by atoms with E-state index in [0.29, 0.717) is 11.4 Å². The molecule has 2 nitrogen and oxygen atoms in total. The van der Waals surface area contributed by atoms with Gasteiger partial charge in [-0.3, -0.25) is 0 Å². The van der Waals surface area contributed by atoms with Crippen LogP contribution < -0.4 is 4.74 Å². The van der Waals surface area contributed by atoms with Crippen LogP contribution in [0.3, 0.4) is 0 Å². The van der Waals surface area contributed by atoms with E-state index < -0.39 is 0 Å². The standard InChI is InChI=1S/C12H10FNO/c1-15-12-11(10(13)7-8-14-12)9-5-3-2-4-6-9/h2-8H,1H3. The first kappa shape index (κ1) is 9.65. The summed E-state index contributed by atoms with van der Waals surface area (Å²) in [4.78, 5) is 3.97. The summed E-state index contributed by atoms with van der Waals surface area (Å²) >= 11 is 0. The van der Waals surface area contributed by atoms with Gasteiger partial charge in [0.15, 0.2) is 0 Å². The Morgan fingerprint density at radius 2 is 1.87 bits per heavy atom. The summed E-state index contributed by atoms with van der Waals surface area (Å²) in [6, 6.07) is 10.5. The lowest BCUT2D eigenvalue weighted by Gasteiger charge is -2.07. The van der Waals surface area contributed by atoms with Crippen molar-refractivity contribution in [1.29, 1.82) is 0 Å². The molecular weight excluding hydrogens is 193 g/mol. The Kier molecular flexibility index (Phi) is 2.63. The van der Waals surface area contributed by atoms with Crippen molar-refractivity contribution in [2.24, 2.45) is 0 Å². The number of halogens is 1. The van der Waals surface area contributed by atoms with Gasteiger partial charge in [-0.25, -0.2) is 9.37 Å². The lowest BCUT2D eigenvalue weighted by atomic mass is 10.1. The van der Waals surface area contributed by atoms with Gasteiger partial charge in [0.05, 0.1) is 12.7 Å². The van der Waals surface area contributed by atoms with Crippen molar-refractivity contribution in [3.8, 4) is 17.0 Å². The lowest BCUT2D eigenvalue weighted by molar-refractivity contribution is 0.396. The number of ether oxygens (including phenoxy) is 1. The first-order valence-electron chi connectivity index (χ1n) is 4.57. The minimum atomic E-state index is -0.326. The largest absolute Gasteiger partial charge is 0.480 e. The molecule has 0 saturated heterocycles. The van der Waals surface area contributed by atoms with E-state index in [1.807, 2.05) is 30.3 Å². The Balaban J connectivity index is 2.61. The zero-order valence-corrected chi connectivity index (χ0v) is 8.27. The zero-order valence-electron chi connectivity index (χ0n) is 8.27. The van der Waals surface area contributed by atoms with Crippen LogP contribution in [0.15, 0.2) is 42.6 Å². The van der Waals surface area contributed by atoms with Crippen LogP contribution in [0.1, 0.15) is 0 Å². The van der Waals surface area contributed by atoms with Crippen LogP contribution in [-0.4, -0.2) is 12.1 Å². The number of pyridine rings is 1. The highest BCUT2D eigenvalue weighted by atomic mass is 19.1. The summed E-state index contributed by atoms with van der Waals surface area (Å²) in [7, 11) is 1.48. The number of benzene rings is 1. The fourth-order valence-electron chi connectivity index (χ4n) is 1.44. The van der Waals surface area contributed by atoms with Gasteiger partial charge >= 0.3 is 0 Å². The molecule has 3 heteroatoms. The molecule has 0 aliphatic rings. The van der Waals surface area contributed by atoms with E-state index in [2.05, 4.69) is 4.98 Å². The molecule has 0 saturated carbocycles. The van der Waals surface area contributed by atoms with Crippen LogP contribution in [0.25, 0.3) is 11.1 Å². The third-order valence-corrected chi connectivity index (χ3v) is 2.12. The predicted molar refractivity (Wildman–Crippen MR) is 56.2 cm³/mol. The maximum Gasteiger partial charge on any atom is 0.224 e. The van der Waals surface area contributed by atoms with E-state index in [1.165, 1.54) is 19.4 Å². The van der Waals surface area contributed by atoms with Gasteiger partial charge < -0.3 is 4.74 Å². The average molecular weight is 203 g/mol. The predicted octanol–water partition coefficient (Wildman–Crippen LogP) is 2.90. The molecule has 0 aliphatic carbocycles. The molecule has 0 N–H and O–H groups in total. The minimum Gasteiger partial charge on any atom is -0.480 e. The molecule has 1 heterocycles. The van der Waals surface area contributed by atoms with Gasteiger partial charge in [-0.15, -0.1) is 0 Å². The molecule has 0 fully saturated rings. The van der Waals surface area contributed by atoms with Gasteiger partial charge in [-0.1, -0.05) is 30.3 Å². The third kappa shape index (κ3) is 1.81. The quantitative estimate of drug-likeness (QED) is 0.748. The number of methoxy groups -OCH3 is 1. The molecule has 1 aromatic carbocycles. The van der Waals surface area contributed by atoms with Crippen molar-refractivity contribution in [3.05, 3.63) is 48.4 Å². The molecule has 0 aliphatic heterocycles. The minimum absolute atomic E-state index is 0.307. The Bertz CT molecular complexity index is 456. The second-order valence-electron chi connectivity index (χ2n) is 3.04. The highest BCUT2D eigenvalue weighted by molar-refractivity contribution is 5.68. The van der Waals surface area contributed by atoms with Gasteiger partial charge in [-0.2, -0.15) is 0 Å². The van der Waals surface area contributed by atoms with Crippen molar-refractivity contribution < 1.29 is 9.13 Å². The summed E-state index contributed by atoms with van der Waals surface area (Å²) < 4.78 is 18.6. The monoisotopic (exact) mass is 203 g/mol. The fraction of sp³-hybridized carbons (Fsp3) is 0.0833. The molecule has 0 amide bonds. The van der Waals surface area contributed by atoms with E-state index in [1.54, 1.807) is 0 Å². The number of nitrogens with zero attached hydrogens (tertiary/aromatic N) is 1. The molecule has 0 unspecified atom stereocenters. The van der Waals surface area contributed by atoms with Crippen molar-refractivity contribution in [2.75, 3.05) is 7.11 Å². The van der Waals surface area contributed by atoms with Crippen LogP contribution in [0.4, 0.5) is 4.39 Å². The molecule has 1 aromatic heterocycles. The topological polar surface area (TPSA) is 22.1 Å². The molecule has 0 atom stereocenters. The van der Waals surface area contributed by atoms with Crippen LogP contribution >= 0.6 is 0 Å². The SMILES string of the molecule is COc1nccc(F)c1-c1ccccc1. The Labute approximate surface area is 87.4 Å². The highest BCUT2D eigenvalue weighted by Gasteiger charge is 2.11. The van der Waals surface area contributed by atoms with E-state index in [9.17, 15) is 4.39 Å². The second-order valence-corrected chi connectivity index (χ2v) is 3.04. The smallest absolute Gasteiger partial charge is 0.224 e. The van der Waals surface area contributed by atoms with Crippen molar-refractivity contribution in [2.45, 2.75) is 0 Å². The first-order chi connectivity index (χ1) is 7.33. The Morgan fingerprint density at radius 3 is 2.53 bits per heavy atom. The molecule has 2 rings (SSSR count). The van der Waals surface area contributed by atoms with Crippen LogP contribution in [0.5, 0.6) is 5.88 Å². The van der Waals surface area contributed by atoms with Crippen LogP contribution in [-0.2, 0) is 0 Å². The molecule has 0 bridgehead atoms. The van der Waals surface area contributed by atoms with E-state index in [4.69, 9.17) is 4.74 Å². The van der Waals surface area contributed by atoms with Crippen LogP contribution in [0, 0.1) is 5.82 Å². The molecule has 15 heavy (non-hydrogen) atoms. The zero-order chi connectivity index (χ0) is 10.7. The molecule has 0 spiro atoms. The molecule has 0 radical (unpaired) electrons. The second kappa shape index (κ2) is 4.09. The molecule has 2 aromatic rings. The fourth-order valence-corrected chi connectivity index (χ4v) is 1.44. The number of aromatic nitrogens is 1. The van der Waals surface area contributed by atoms with Gasteiger partial charge in [0.1, 0.15) is 5.82 Å². The summed E-state index contributed by atoms with van der Waals surface area (Å²) in [5.74, 6) is -0.0192. The van der Waals surface area contributed by atoms with Gasteiger partial charge in [0.25, 0.3) is 0 Å². The lowest BCUT2D eigenvalue weighted by Crippen LogP contribution is -1.94. The van der Waals surface area contributed by atoms with Crippen molar-refractivity contribution >= 4 is 0 Å². The first-order valence-corrected chi connectivity index (χ1v) is 4.57. The van der Waals surface area contributed by atoms with Crippen molar-refractivity contribution in [1.82, 2.24) is 4.98 Å². The Hall–Kier alpha value is -1.90. The maximum absolute atomic E-state index is 13.6. The van der Waals surface area contributed by atoms with Crippen LogP contribution in [0.2, 0.25) is 0 Å².